The average Bonchev–Trinajstić information content (AvgIpc) is 3.53. The van der Waals surface area contributed by atoms with Gasteiger partial charge in [-0.1, -0.05) is 60.7 Å². The first kappa shape index (κ1) is 37.4. The molecular formula is C41H44N4O8. The van der Waals surface area contributed by atoms with Gasteiger partial charge in [0.2, 0.25) is 0 Å². The molecule has 0 saturated carbocycles. The fourth-order valence-corrected chi connectivity index (χ4v) is 6.94. The summed E-state index contributed by atoms with van der Waals surface area (Å²) in [6.45, 7) is 0.429. The summed E-state index contributed by atoms with van der Waals surface area (Å²) in [6, 6.07) is 27.2. The molecule has 6 rings (SSSR count). The van der Waals surface area contributed by atoms with Crippen LogP contribution >= 0.6 is 0 Å². The van der Waals surface area contributed by atoms with Gasteiger partial charge in [0.05, 0.1) is 22.1 Å². The van der Waals surface area contributed by atoms with E-state index >= 15 is 0 Å². The van der Waals surface area contributed by atoms with E-state index in [1.807, 2.05) is 72.8 Å². The summed E-state index contributed by atoms with van der Waals surface area (Å²) in [5.74, 6) is 0.125. The van der Waals surface area contributed by atoms with E-state index in [2.05, 4.69) is 12.1 Å². The third-order valence-corrected chi connectivity index (χ3v) is 9.20. The highest BCUT2D eigenvalue weighted by molar-refractivity contribution is 5.86. The van der Waals surface area contributed by atoms with E-state index in [0.29, 0.717) is 28.5 Å². The number of Topliss-reactive ketones (excluding diaryl/α,β-unsaturated/α-hetero) is 2. The third-order valence-electron chi connectivity index (χ3n) is 9.20. The van der Waals surface area contributed by atoms with Gasteiger partial charge in [-0.05, 0) is 64.1 Å². The van der Waals surface area contributed by atoms with Crippen molar-refractivity contribution >= 4 is 33.6 Å². The van der Waals surface area contributed by atoms with Crippen LogP contribution in [0.4, 0.5) is 0 Å². The van der Waals surface area contributed by atoms with Crippen LogP contribution in [0, 0.1) is 0 Å². The number of carbonyl (C=O) groups excluding carboxylic acids is 2. The Morgan fingerprint density at radius 1 is 0.434 bits per heavy atom. The van der Waals surface area contributed by atoms with Gasteiger partial charge < -0.3 is 18.9 Å². The van der Waals surface area contributed by atoms with E-state index in [9.17, 15) is 19.2 Å². The van der Waals surface area contributed by atoms with Crippen molar-refractivity contribution < 1.29 is 28.5 Å². The third kappa shape index (κ3) is 8.47. The summed E-state index contributed by atoms with van der Waals surface area (Å²) in [5, 5.41) is 0. The van der Waals surface area contributed by atoms with Gasteiger partial charge in [-0.15, -0.1) is 0 Å². The number of aromatic nitrogens is 4. The Balaban J connectivity index is 1.09. The number of rotatable bonds is 18. The second-order valence-electron chi connectivity index (χ2n) is 13.2. The smallest absolute Gasteiger partial charge is 0.332 e. The van der Waals surface area contributed by atoms with Crippen molar-refractivity contribution in [1.29, 1.82) is 0 Å². The first-order chi connectivity index (χ1) is 25.7. The zero-order valence-electron chi connectivity index (χ0n) is 30.5. The molecule has 276 valence electrons. The summed E-state index contributed by atoms with van der Waals surface area (Å²) in [6.07, 6.45) is 1.67. The molecule has 2 heterocycles. The van der Waals surface area contributed by atoms with Crippen molar-refractivity contribution in [1.82, 2.24) is 18.3 Å². The summed E-state index contributed by atoms with van der Waals surface area (Å²) in [5.41, 5.74) is 7.96. The lowest BCUT2D eigenvalue weighted by atomic mass is 9.96. The Morgan fingerprint density at radius 3 is 1.11 bits per heavy atom. The van der Waals surface area contributed by atoms with Crippen molar-refractivity contribution in [3.8, 4) is 0 Å². The summed E-state index contributed by atoms with van der Waals surface area (Å²) in [4.78, 5) is 52.2. The van der Waals surface area contributed by atoms with Crippen LogP contribution < -0.4 is 11.4 Å². The van der Waals surface area contributed by atoms with Gasteiger partial charge >= 0.3 is 11.4 Å². The Kier molecular flexibility index (Phi) is 12.0. The minimum Gasteiger partial charge on any atom is -0.364 e. The molecule has 0 N–H and O–H groups in total. The van der Waals surface area contributed by atoms with Gasteiger partial charge in [-0.25, -0.2) is 9.59 Å². The normalized spacial score (nSPS) is 11.5. The van der Waals surface area contributed by atoms with Gasteiger partial charge in [0.1, 0.15) is 38.5 Å². The number of hydrogen-bond acceptors (Lipinski definition) is 8. The van der Waals surface area contributed by atoms with E-state index in [-0.39, 0.29) is 75.6 Å². The molecule has 0 aliphatic rings. The van der Waals surface area contributed by atoms with Gasteiger partial charge in [-0.3, -0.25) is 27.9 Å². The van der Waals surface area contributed by atoms with Crippen LogP contribution in [0.15, 0.2) is 94.5 Å². The van der Waals surface area contributed by atoms with Crippen LogP contribution in [0.3, 0.4) is 0 Å². The highest BCUT2D eigenvalue weighted by atomic mass is 16.5. The fourth-order valence-electron chi connectivity index (χ4n) is 6.94. The first-order valence-corrected chi connectivity index (χ1v) is 17.3. The Hall–Kier alpha value is -5.40. The SMILES string of the molecule is COCn1c(=O)n(COC)c2cc(CC(=O)Cc3cccc(Cc4cccc(CC(=O)Cc5ccc6c(c5)n(COC)c(=O)n6COC)c4)c3)ccc21. The van der Waals surface area contributed by atoms with Crippen molar-refractivity contribution in [2.24, 2.45) is 0 Å². The number of ketones is 2. The molecule has 0 saturated heterocycles. The number of imidazole rings is 2. The maximum atomic E-state index is 13.2. The van der Waals surface area contributed by atoms with Crippen LogP contribution in [-0.4, -0.2) is 58.3 Å². The van der Waals surface area contributed by atoms with Crippen molar-refractivity contribution in [2.45, 2.75) is 59.0 Å². The van der Waals surface area contributed by atoms with Gasteiger partial charge in [0, 0.05) is 54.1 Å². The van der Waals surface area contributed by atoms with Crippen LogP contribution in [0.25, 0.3) is 22.1 Å². The van der Waals surface area contributed by atoms with E-state index in [1.54, 1.807) is 0 Å². The summed E-state index contributed by atoms with van der Waals surface area (Å²) >= 11 is 0. The topological polar surface area (TPSA) is 125 Å². The molecule has 0 atom stereocenters. The molecule has 12 heteroatoms. The number of nitrogens with zero attached hydrogens (tertiary/aromatic N) is 4. The molecule has 4 aromatic carbocycles. The maximum absolute atomic E-state index is 13.2. The molecule has 53 heavy (non-hydrogen) atoms. The Labute approximate surface area is 306 Å². The van der Waals surface area contributed by atoms with E-state index in [0.717, 1.165) is 33.4 Å². The highest BCUT2D eigenvalue weighted by Gasteiger charge is 2.17. The van der Waals surface area contributed by atoms with Crippen LogP contribution in [0.5, 0.6) is 0 Å². The van der Waals surface area contributed by atoms with Crippen molar-refractivity contribution in [2.75, 3.05) is 28.4 Å². The quantitative estimate of drug-likeness (QED) is 0.126. The molecule has 0 unspecified atom stereocenters. The minimum absolute atomic E-state index is 0.0626. The van der Waals surface area contributed by atoms with E-state index in [1.165, 1.54) is 46.7 Å². The van der Waals surface area contributed by atoms with E-state index in [4.69, 9.17) is 18.9 Å². The lowest BCUT2D eigenvalue weighted by Crippen LogP contribution is -2.25. The molecular weight excluding hydrogens is 676 g/mol. The number of hydrogen-bond donors (Lipinski definition) is 0. The molecule has 6 aromatic rings. The highest BCUT2D eigenvalue weighted by Crippen LogP contribution is 2.20. The van der Waals surface area contributed by atoms with Crippen molar-refractivity contribution in [3.05, 3.63) is 139 Å². The molecule has 0 spiro atoms. The largest absolute Gasteiger partial charge is 0.364 e. The predicted octanol–water partition coefficient (Wildman–Crippen LogP) is 4.63. The minimum atomic E-state index is -0.235. The number of ether oxygens (including phenoxy) is 4. The second kappa shape index (κ2) is 17.0. The molecule has 0 aliphatic heterocycles. The zero-order valence-corrected chi connectivity index (χ0v) is 30.5. The number of carbonyl (C=O) groups is 2. The first-order valence-electron chi connectivity index (χ1n) is 17.3. The molecule has 2 aromatic heterocycles. The predicted molar refractivity (Wildman–Crippen MR) is 201 cm³/mol. The van der Waals surface area contributed by atoms with Gasteiger partial charge in [0.25, 0.3) is 0 Å². The molecule has 0 bridgehead atoms. The van der Waals surface area contributed by atoms with Crippen molar-refractivity contribution in [3.63, 3.8) is 0 Å². The number of benzene rings is 4. The molecule has 0 aliphatic carbocycles. The molecule has 0 radical (unpaired) electrons. The van der Waals surface area contributed by atoms with E-state index < -0.39 is 0 Å². The summed E-state index contributed by atoms with van der Waals surface area (Å²) in [7, 11) is 6.13. The maximum Gasteiger partial charge on any atom is 0.332 e. The van der Waals surface area contributed by atoms with Crippen LogP contribution in [0.1, 0.15) is 33.4 Å². The van der Waals surface area contributed by atoms with Gasteiger partial charge in [-0.2, -0.15) is 0 Å². The lowest BCUT2D eigenvalue weighted by molar-refractivity contribution is -0.118. The standard InChI is InChI=1S/C41H44N4O8/c1-50-24-42-36-13-11-32(22-38(36)44(26-52-3)40(42)48)20-34(46)18-30-9-5-7-28(16-30)15-29-8-6-10-31(17-29)19-35(47)21-33-12-14-37-39(23-33)45(27-53-4)41(49)43(37)25-51-2/h5-14,16-17,22-23H,15,18-21,24-27H2,1-4H3. The second-order valence-corrected chi connectivity index (χ2v) is 13.2. The van der Waals surface area contributed by atoms with Crippen LogP contribution in [-0.2, 0) is 87.6 Å². The lowest BCUT2D eigenvalue weighted by Gasteiger charge is -2.09. The molecule has 12 nitrogen and oxygen atoms in total. The monoisotopic (exact) mass is 720 g/mol. The van der Waals surface area contributed by atoms with Gasteiger partial charge in [0.15, 0.2) is 0 Å². The molecule has 0 fully saturated rings. The fraction of sp³-hybridized carbons (Fsp3) is 0.317. The Bertz CT molecular complexity index is 2220. The number of methoxy groups -OCH3 is 4. The molecule has 0 amide bonds. The summed E-state index contributed by atoms with van der Waals surface area (Å²) < 4.78 is 27.1. The average molecular weight is 721 g/mol. The van der Waals surface area contributed by atoms with Crippen LogP contribution in [0.2, 0.25) is 0 Å². The Morgan fingerprint density at radius 2 is 0.755 bits per heavy atom. The number of fused-ring (bicyclic) bond motifs is 2. The zero-order chi connectivity index (χ0) is 37.5.